The van der Waals surface area contributed by atoms with Gasteiger partial charge < -0.3 is 29.5 Å². The fourth-order valence-electron chi connectivity index (χ4n) is 2.13. The predicted octanol–water partition coefficient (Wildman–Crippen LogP) is -1.52. The van der Waals surface area contributed by atoms with Crippen LogP contribution in [0.2, 0.25) is 0 Å². The number of carbonyl (C=O) groups excluding carboxylic acids is 1. The Hall–Kier alpha value is -0.570. The molecule has 0 bridgehead atoms. The Balaban J connectivity index is 2.89. The first-order chi connectivity index (χ1) is 8.95. The first-order valence-corrected chi connectivity index (χ1v) is 6.26. The van der Waals surface area contributed by atoms with E-state index in [2.05, 4.69) is 0 Å². The predicted molar refractivity (Wildman–Crippen MR) is 64.7 cm³/mol. The molecule has 0 aromatic carbocycles. The van der Waals surface area contributed by atoms with E-state index in [0.29, 0.717) is 13.2 Å². The molecule has 7 nitrogen and oxygen atoms in total. The van der Waals surface area contributed by atoms with Crippen LogP contribution in [-0.2, 0) is 19.0 Å². The minimum atomic E-state index is -1.60. The number of hydrogen-bond donors (Lipinski definition) is 3. The van der Waals surface area contributed by atoms with Crippen molar-refractivity contribution in [2.45, 2.75) is 37.8 Å². The summed E-state index contributed by atoms with van der Waals surface area (Å²) in [7, 11) is 0. The van der Waals surface area contributed by atoms with Gasteiger partial charge in [-0.1, -0.05) is 0 Å². The zero-order valence-corrected chi connectivity index (χ0v) is 11.2. The van der Waals surface area contributed by atoms with E-state index in [4.69, 9.17) is 19.3 Å². The average molecular weight is 278 g/mol. The van der Waals surface area contributed by atoms with Gasteiger partial charge in [0, 0.05) is 0 Å². The Kier molecular flexibility index (Phi) is 6.31. The molecule has 4 unspecified atom stereocenters. The highest BCUT2D eigenvalue weighted by molar-refractivity contribution is 5.86. The van der Waals surface area contributed by atoms with Crippen LogP contribution in [0.4, 0.5) is 0 Å². The van der Waals surface area contributed by atoms with E-state index in [1.165, 1.54) is 13.8 Å². The topological polar surface area (TPSA) is 105 Å². The van der Waals surface area contributed by atoms with Gasteiger partial charge in [-0.3, -0.25) is 4.79 Å². The summed E-state index contributed by atoms with van der Waals surface area (Å²) in [5, 5.41) is 28.1. The minimum Gasteiger partial charge on any atom is -0.394 e. The maximum absolute atomic E-state index is 11.9. The van der Waals surface area contributed by atoms with Crippen molar-refractivity contribution in [1.29, 1.82) is 0 Å². The number of aliphatic hydroxyl groups is 3. The van der Waals surface area contributed by atoms with Gasteiger partial charge in [-0.15, -0.1) is 0 Å². The lowest BCUT2D eigenvalue weighted by Crippen LogP contribution is -2.62. The fourth-order valence-corrected chi connectivity index (χ4v) is 2.13. The highest BCUT2D eigenvalue weighted by Crippen LogP contribution is 2.27. The van der Waals surface area contributed by atoms with Gasteiger partial charge >= 0.3 is 0 Å². The van der Waals surface area contributed by atoms with E-state index in [1.807, 2.05) is 0 Å². The third kappa shape index (κ3) is 3.71. The van der Waals surface area contributed by atoms with Crippen LogP contribution in [0.15, 0.2) is 0 Å². The van der Waals surface area contributed by atoms with E-state index >= 15 is 0 Å². The van der Waals surface area contributed by atoms with Crippen LogP contribution in [0.1, 0.15) is 13.8 Å². The van der Waals surface area contributed by atoms with Crippen molar-refractivity contribution in [3.8, 4) is 0 Å². The second-order valence-corrected chi connectivity index (χ2v) is 4.61. The van der Waals surface area contributed by atoms with Gasteiger partial charge in [0.2, 0.25) is 0 Å². The molecule has 3 N–H and O–H groups in total. The van der Waals surface area contributed by atoms with E-state index in [0.717, 1.165) is 0 Å². The maximum Gasteiger partial charge on any atom is 0.179 e. The number of Topliss-reactive ketones (excluding diaryl/α,β-unsaturated/α-hetero) is 1. The molecule has 1 heterocycles. The Labute approximate surface area is 112 Å². The van der Waals surface area contributed by atoms with Gasteiger partial charge in [-0.05, 0) is 13.8 Å². The molecule has 112 valence electrons. The monoisotopic (exact) mass is 278 g/mol. The van der Waals surface area contributed by atoms with E-state index in [1.54, 1.807) is 0 Å². The van der Waals surface area contributed by atoms with Gasteiger partial charge in [0.1, 0.15) is 12.2 Å². The summed E-state index contributed by atoms with van der Waals surface area (Å²) in [6, 6.07) is 0. The first kappa shape index (κ1) is 16.5. The Morgan fingerprint density at radius 1 is 1.47 bits per heavy atom. The van der Waals surface area contributed by atoms with Crippen LogP contribution in [0.3, 0.4) is 0 Å². The number of rotatable bonds is 7. The lowest BCUT2D eigenvalue weighted by atomic mass is 9.86. The summed E-state index contributed by atoms with van der Waals surface area (Å²) < 4.78 is 16.1. The molecule has 0 amide bonds. The van der Waals surface area contributed by atoms with Crippen LogP contribution in [0.25, 0.3) is 0 Å². The van der Waals surface area contributed by atoms with Crippen molar-refractivity contribution >= 4 is 5.78 Å². The molecular weight excluding hydrogens is 256 g/mol. The smallest absolute Gasteiger partial charge is 0.179 e. The SMILES string of the molecule is CC(=O)C(OCC(O)CO)(C(C)O)C1COCCO1. The quantitative estimate of drug-likeness (QED) is 0.519. The second kappa shape index (κ2) is 7.28. The maximum atomic E-state index is 11.9. The third-order valence-electron chi connectivity index (χ3n) is 3.19. The number of ether oxygens (including phenoxy) is 3. The lowest BCUT2D eigenvalue weighted by molar-refractivity contribution is -0.228. The summed E-state index contributed by atoms with van der Waals surface area (Å²) in [5.41, 5.74) is -1.60. The summed E-state index contributed by atoms with van der Waals surface area (Å²) in [4.78, 5) is 11.9. The molecule has 0 aromatic rings. The fraction of sp³-hybridized carbons (Fsp3) is 0.917. The summed E-state index contributed by atoms with van der Waals surface area (Å²) in [6.45, 7) is 2.79. The van der Waals surface area contributed by atoms with Crippen LogP contribution in [0, 0.1) is 0 Å². The Morgan fingerprint density at radius 2 is 2.16 bits per heavy atom. The van der Waals surface area contributed by atoms with E-state index < -0.39 is 36.3 Å². The van der Waals surface area contributed by atoms with Crippen LogP contribution < -0.4 is 0 Å². The van der Waals surface area contributed by atoms with Crippen molar-refractivity contribution in [2.75, 3.05) is 33.0 Å². The Bertz CT molecular complexity index is 288. The van der Waals surface area contributed by atoms with Gasteiger partial charge in [-0.25, -0.2) is 0 Å². The zero-order chi connectivity index (χ0) is 14.5. The van der Waals surface area contributed by atoms with Gasteiger partial charge in [-0.2, -0.15) is 0 Å². The molecule has 0 spiro atoms. The normalized spacial score (nSPS) is 26.5. The summed E-state index contributed by atoms with van der Waals surface area (Å²) >= 11 is 0. The largest absolute Gasteiger partial charge is 0.394 e. The van der Waals surface area contributed by atoms with Crippen molar-refractivity contribution < 1.29 is 34.3 Å². The molecule has 0 aromatic heterocycles. The molecular formula is C12H22O7. The van der Waals surface area contributed by atoms with Crippen LogP contribution >= 0.6 is 0 Å². The molecule has 1 aliphatic heterocycles. The molecule has 4 atom stereocenters. The zero-order valence-electron chi connectivity index (χ0n) is 11.2. The van der Waals surface area contributed by atoms with Crippen LogP contribution in [-0.4, -0.2) is 78.1 Å². The molecule has 19 heavy (non-hydrogen) atoms. The number of ketones is 1. The van der Waals surface area contributed by atoms with Crippen LogP contribution in [0.5, 0.6) is 0 Å². The standard InChI is InChI=1S/C12H22O7/c1-8(14)12(9(2)15,19-6-10(16)5-13)11-7-17-3-4-18-11/h8,10-11,13-14,16H,3-7H2,1-2H3. The van der Waals surface area contributed by atoms with Gasteiger partial charge in [0.05, 0.1) is 39.1 Å². The highest BCUT2D eigenvalue weighted by Gasteiger charge is 2.50. The van der Waals surface area contributed by atoms with Crippen molar-refractivity contribution in [3.63, 3.8) is 0 Å². The van der Waals surface area contributed by atoms with E-state index in [9.17, 15) is 15.0 Å². The average Bonchev–Trinajstić information content (AvgIpc) is 2.39. The molecule has 1 fully saturated rings. The molecule has 0 saturated carbocycles. The first-order valence-electron chi connectivity index (χ1n) is 6.26. The van der Waals surface area contributed by atoms with E-state index in [-0.39, 0.29) is 13.2 Å². The summed E-state index contributed by atoms with van der Waals surface area (Å²) in [5.74, 6) is -0.414. The summed E-state index contributed by atoms with van der Waals surface area (Å²) in [6.07, 6.45) is -3.01. The number of carbonyl (C=O) groups is 1. The highest BCUT2D eigenvalue weighted by atomic mass is 16.6. The molecule has 0 aliphatic carbocycles. The molecule has 0 radical (unpaired) electrons. The van der Waals surface area contributed by atoms with Crippen molar-refractivity contribution in [3.05, 3.63) is 0 Å². The molecule has 1 aliphatic rings. The molecule has 1 rings (SSSR count). The van der Waals surface area contributed by atoms with Gasteiger partial charge in [0.25, 0.3) is 0 Å². The van der Waals surface area contributed by atoms with Crippen molar-refractivity contribution in [2.24, 2.45) is 0 Å². The second-order valence-electron chi connectivity index (χ2n) is 4.61. The lowest BCUT2D eigenvalue weighted by Gasteiger charge is -2.42. The third-order valence-corrected chi connectivity index (χ3v) is 3.19. The van der Waals surface area contributed by atoms with Crippen molar-refractivity contribution in [1.82, 2.24) is 0 Å². The number of aliphatic hydroxyl groups excluding tert-OH is 3. The molecule has 7 heteroatoms. The minimum absolute atomic E-state index is 0.125. The van der Waals surface area contributed by atoms with Gasteiger partial charge in [0.15, 0.2) is 11.4 Å². The number of hydrogen-bond acceptors (Lipinski definition) is 7. The Morgan fingerprint density at radius 3 is 2.58 bits per heavy atom. The molecule has 1 saturated heterocycles.